The van der Waals surface area contributed by atoms with Crippen LogP contribution < -0.4 is 0 Å². The van der Waals surface area contributed by atoms with Gasteiger partial charge in [-0.2, -0.15) is 0 Å². The number of hydrogen-bond acceptors (Lipinski definition) is 3. The molecule has 2 fully saturated rings. The summed E-state index contributed by atoms with van der Waals surface area (Å²) in [6.07, 6.45) is 9.92. The van der Waals surface area contributed by atoms with E-state index < -0.39 is 18.1 Å². The van der Waals surface area contributed by atoms with Crippen molar-refractivity contribution in [1.29, 1.82) is 0 Å². The largest absolute Gasteiger partial charge is 0.418 e. The zero-order valence-corrected chi connectivity index (χ0v) is 24.9. The molecule has 31 heavy (non-hydrogen) atoms. The summed E-state index contributed by atoms with van der Waals surface area (Å²) in [5.41, 5.74) is 0.0547. The van der Waals surface area contributed by atoms with Gasteiger partial charge in [0.05, 0.1) is 24.4 Å². The molecule has 184 valence electrons. The van der Waals surface area contributed by atoms with Gasteiger partial charge in [-0.25, -0.2) is 0 Å². The van der Waals surface area contributed by atoms with Crippen LogP contribution in [0.5, 0.6) is 0 Å². The Bertz CT molecular complexity index is 504. The molecule has 0 aliphatic heterocycles. The Morgan fingerprint density at radius 3 is 1.29 bits per heavy atom. The normalized spacial score (nSPS) is 33.3. The quantitative estimate of drug-likeness (QED) is 0.359. The van der Waals surface area contributed by atoms with E-state index in [-0.39, 0.29) is 22.0 Å². The van der Waals surface area contributed by atoms with E-state index in [1.54, 1.807) is 0 Å². The number of ether oxygens (including phenoxy) is 1. The SMILES string of the molecule is C[SiH](C)OCC1(OC2(CO[SiH](C)C)CCCCC2C(C)(C)C)CCCCC1C(C)(C)C. The second-order valence-corrected chi connectivity index (χ2v) is 18.1. The van der Waals surface area contributed by atoms with Gasteiger partial charge in [-0.05, 0) is 74.5 Å². The van der Waals surface area contributed by atoms with Crippen LogP contribution in [0.3, 0.4) is 0 Å². The van der Waals surface area contributed by atoms with Crippen LogP contribution in [0, 0.1) is 22.7 Å². The Kier molecular flexibility index (Phi) is 9.52. The predicted octanol–water partition coefficient (Wildman–Crippen LogP) is 6.95. The van der Waals surface area contributed by atoms with Crippen molar-refractivity contribution in [2.45, 2.75) is 130 Å². The molecule has 0 saturated heterocycles. The lowest BCUT2D eigenvalue weighted by atomic mass is 9.61. The molecule has 0 aromatic carbocycles. The van der Waals surface area contributed by atoms with E-state index in [9.17, 15) is 0 Å². The fourth-order valence-electron chi connectivity index (χ4n) is 6.53. The zero-order chi connectivity index (χ0) is 23.5. The van der Waals surface area contributed by atoms with E-state index in [1.165, 1.54) is 38.5 Å². The van der Waals surface area contributed by atoms with Gasteiger partial charge in [-0.1, -0.05) is 67.2 Å². The van der Waals surface area contributed by atoms with E-state index in [0.29, 0.717) is 11.8 Å². The van der Waals surface area contributed by atoms with Crippen LogP contribution in [0.15, 0.2) is 0 Å². The van der Waals surface area contributed by atoms with Crippen LogP contribution >= 0.6 is 0 Å². The van der Waals surface area contributed by atoms with Crippen LogP contribution in [-0.2, 0) is 13.6 Å². The topological polar surface area (TPSA) is 27.7 Å². The Balaban J connectivity index is 2.52. The molecular formula is C26H54O3Si2. The lowest BCUT2D eigenvalue weighted by molar-refractivity contribution is -0.268. The molecule has 0 aromatic heterocycles. The second-order valence-electron chi connectivity index (χ2n) is 13.3. The van der Waals surface area contributed by atoms with E-state index in [0.717, 1.165) is 26.1 Å². The lowest BCUT2D eigenvalue weighted by Crippen LogP contribution is -2.62. The first-order valence-electron chi connectivity index (χ1n) is 13.2. The molecule has 0 amide bonds. The third-order valence-corrected chi connectivity index (χ3v) is 9.44. The van der Waals surface area contributed by atoms with E-state index in [2.05, 4.69) is 67.7 Å². The van der Waals surface area contributed by atoms with Gasteiger partial charge in [-0.3, -0.25) is 0 Å². The Morgan fingerprint density at radius 1 is 0.645 bits per heavy atom. The van der Waals surface area contributed by atoms with Gasteiger partial charge in [0.25, 0.3) is 0 Å². The fourth-order valence-corrected chi connectivity index (χ4v) is 7.76. The summed E-state index contributed by atoms with van der Waals surface area (Å²) in [4.78, 5) is 0. The lowest BCUT2D eigenvalue weighted by Gasteiger charge is -2.58. The second kappa shape index (κ2) is 10.7. The highest BCUT2D eigenvalue weighted by molar-refractivity contribution is 6.48. The molecule has 0 aromatic rings. The summed E-state index contributed by atoms with van der Waals surface area (Å²) in [6, 6.07) is 0. The van der Waals surface area contributed by atoms with Crippen LogP contribution in [0.1, 0.15) is 92.9 Å². The van der Waals surface area contributed by atoms with Gasteiger partial charge in [0.1, 0.15) is 0 Å². The minimum absolute atomic E-state index is 0.184. The Hall–Kier alpha value is 0.314. The van der Waals surface area contributed by atoms with E-state index >= 15 is 0 Å². The van der Waals surface area contributed by atoms with Crippen molar-refractivity contribution in [2.75, 3.05) is 13.2 Å². The number of hydrogen-bond donors (Lipinski definition) is 0. The first-order chi connectivity index (χ1) is 14.2. The molecule has 5 heteroatoms. The van der Waals surface area contributed by atoms with Gasteiger partial charge in [-0.15, -0.1) is 0 Å². The maximum atomic E-state index is 7.68. The highest BCUT2D eigenvalue weighted by Crippen LogP contribution is 2.54. The Labute approximate surface area is 197 Å². The standard InChI is InChI=1S/C26H54O3Si2/c1-23(2,3)21-15-11-13-17-25(21,19-27-30(7)8)29-26(20-28-31(9)10)18-14-12-16-22(26)24(4,5)6/h21-22,30-31H,11-20H2,1-10H3. The van der Waals surface area contributed by atoms with Crippen molar-refractivity contribution in [3.8, 4) is 0 Å². The van der Waals surface area contributed by atoms with Gasteiger partial charge < -0.3 is 13.6 Å². The smallest absolute Gasteiger partial charge is 0.171 e. The van der Waals surface area contributed by atoms with Crippen LogP contribution in [0.25, 0.3) is 0 Å². The number of rotatable bonds is 8. The molecule has 2 aliphatic carbocycles. The molecule has 2 rings (SSSR count). The summed E-state index contributed by atoms with van der Waals surface area (Å²) >= 11 is 0. The average Bonchev–Trinajstić information content (AvgIpc) is 2.64. The highest BCUT2D eigenvalue weighted by Gasteiger charge is 2.56. The zero-order valence-electron chi connectivity index (χ0n) is 22.6. The fraction of sp³-hybridized carbons (Fsp3) is 1.00. The minimum Gasteiger partial charge on any atom is -0.418 e. The molecule has 4 unspecified atom stereocenters. The summed E-state index contributed by atoms with van der Waals surface area (Å²) in [7, 11) is -2.26. The molecule has 3 nitrogen and oxygen atoms in total. The van der Waals surface area contributed by atoms with Gasteiger partial charge in [0.2, 0.25) is 0 Å². The third-order valence-electron chi connectivity index (χ3n) is 7.77. The summed E-state index contributed by atoms with van der Waals surface area (Å²) < 4.78 is 20.7. The molecule has 2 aliphatic rings. The molecule has 0 heterocycles. The Morgan fingerprint density at radius 2 is 1.00 bits per heavy atom. The van der Waals surface area contributed by atoms with E-state index in [1.807, 2.05) is 0 Å². The maximum Gasteiger partial charge on any atom is 0.171 e. The first-order valence-corrected chi connectivity index (χ1v) is 18.7. The monoisotopic (exact) mass is 470 g/mol. The molecule has 2 saturated carbocycles. The van der Waals surface area contributed by atoms with Crippen molar-refractivity contribution >= 4 is 18.1 Å². The maximum absolute atomic E-state index is 7.68. The molecule has 0 spiro atoms. The van der Waals surface area contributed by atoms with Gasteiger partial charge in [0.15, 0.2) is 18.1 Å². The molecule has 0 N–H and O–H groups in total. The molecule has 4 atom stereocenters. The average molecular weight is 471 g/mol. The highest BCUT2D eigenvalue weighted by atomic mass is 28.3. The van der Waals surface area contributed by atoms with Crippen molar-refractivity contribution in [3.05, 3.63) is 0 Å². The summed E-state index contributed by atoms with van der Waals surface area (Å²) in [5.74, 6) is 1.05. The van der Waals surface area contributed by atoms with Crippen LogP contribution in [0.4, 0.5) is 0 Å². The molecule has 0 radical (unpaired) electrons. The van der Waals surface area contributed by atoms with Crippen molar-refractivity contribution < 1.29 is 13.6 Å². The summed E-state index contributed by atoms with van der Waals surface area (Å²) in [5, 5.41) is 0. The summed E-state index contributed by atoms with van der Waals surface area (Å²) in [6.45, 7) is 25.2. The predicted molar refractivity (Wildman–Crippen MR) is 139 cm³/mol. The van der Waals surface area contributed by atoms with Crippen molar-refractivity contribution in [3.63, 3.8) is 0 Å². The molecule has 0 bridgehead atoms. The van der Waals surface area contributed by atoms with Crippen LogP contribution in [0.2, 0.25) is 26.2 Å². The minimum atomic E-state index is -1.13. The van der Waals surface area contributed by atoms with E-state index in [4.69, 9.17) is 13.6 Å². The van der Waals surface area contributed by atoms with Crippen molar-refractivity contribution in [2.24, 2.45) is 22.7 Å². The third kappa shape index (κ3) is 7.15. The van der Waals surface area contributed by atoms with Gasteiger partial charge >= 0.3 is 0 Å². The van der Waals surface area contributed by atoms with Crippen molar-refractivity contribution in [1.82, 2.24) is 0 Å². The molecular weight excluding hydrogens is 416 g/mol. The van der Waals surface area contributed by atoms with Gasteiger partial charge in [0, 0.05) is 0 Å². The van der Waals surface area contributed by atoms with Crippen LogP contribution in [-0.4, -0.2) is 42.5 Å². The first kappa shape index (κ1) is 27.6.